The van der Waals surface area contributed by atoms with E-state index in [-0.39, 0.29) is 11.6 Å². The first-order chi connectivity index (χ1) is 27.9. The molecule has 2 unspecified atom stereocenters. The van der Waals surface area contributed by atoms with E-state index in [2.05, 4.69) is 130 Å². The summed E-state index contributed by atoms with van der Waals surface area (Å²) in [5.41, 5.74) is 4.18. The Balaban J connectivity index is 1.29. The average Bonchev–Trinajstić information content (AvgIpc) is 3.26. The maximum atomic E-state index is 7.56. The smallest absolute Gasteiger partial charge is 0.261 e. The molecular formula is C50H54O6Si. The van der Waals surface area contributed by atoms with Gasteiger partial charge in [-0.3, -0.25) is 0 Å². The summed E-state index contributed by atoms with van der Waals surface area (Å²) in [7, 11) is -2.96. The summed E-state index contributed by atoms with van der Waals surface area (Å²) < 4.78 is 42.2. The minimum atomic E-state index is -2.96. The van der Waals surface area contributed by atoms with Crippen LogP contribution in [-0.2, 0) is 54.5 Å². The number of benzene rings is 6. The molecule has 1 aliphatic heterocycles. The van der Waals surface area contributed by atoms with Gasteiger partial charge in [0.05, 0.1) is 33.0 Å². The van der Waals surface area contributed by atoms with Crippen LogP contribution in [0.2, 0.25) is 5.04 Å². The summed E-state index contributed by atoms with van der Waals surface area (Å²) in [6.45, 7) is 8.50. The summed E-state index contributed by atoms with van der Waals surface area (Å²) in [6.07, 6.45) is -3.17. The minimum Gasteiger partial charge on any atom is -0.405 e. The molecule has 6 aromatic rings. The number of hydrogen-bond donors (Lipinski definition) is 0. The van der Waals surface area contributed by atoms with Crippen LogP contribution in [0.4, 0.5) is 0 Å². The van der Waals surface area contributed by atoms with Crippen LogP contribution in [0.1, 0.15) is 43.0 Å². The topological polar surface area (TPSA) is 55.4 Å². The molecule has 0 aromatic heterocycles. The second-order valence-electron chi connectivity index (χ2n) is 15.6. The van der Waals surface area contributed by atoms with Gasteiger partial charge in [0, 0.05) is 0 Å². The first-order valence-electron chi connectivity index (χ1n) is 19.9. The van der Waals surface area contributed by atoms with Gasteiger partial charge in [-0.05, 0) is 37.7 Å². The number of rotatable bonds is 17. The standard InChI is InChI=1S/C50H54O6Si/c1-50(2,3)57(43-30-18-8-19-31-43,44-32-20-9-21-33-44)55-38-45-46(51-34-39-22-10-4-11-23-39)47(52-35-40-24-12-5-13-25-40)48(53-36-41-26-14-6-15-27-41)49(56-45)54-37-42-28-16-7-17-29-42/h4-33,45-49H,34-38H2,1-3H3/t45?,46-,47-,48?,49+/m1/s1. The molecule has 57 heavy (non-hydrogen) atoms. The highest BCUT2D eigenvalue weighted by atomic mass is 28.4. The molecule has 7 heteroatoms. The highest BCUT2D eigenvalue weighted by molar-refractivity contribution is 6.99. The van der Waals surface area contributed by atoms with Crippen molar-refractivity contribution in [3.05, 3.63) is 204 Å². The Morgan fingerprint density at radius 2 is 0.754 bits per heavy atom. The fourth-order valence-electron chi connectivity index (χ4n) is 7.74. The van der Waals surface area contributed by atoms with Gasteiger partial charge in [0.2, 0.25) is 0 Å². The molecule has 0 N–H and O–H groups in total. The Hall–Kier alpha value is -4.70. The van der Waals surface area contributed by atoms with Crippen LogP contribution in [0.3, 0.4) is 0 Å². The molecule has 0 aliphatic carbocycles. The molecular weight excluding hydrogens is 725 g/mol. The van der Waals surface area contributed by atoms with Crippen LogP contribution >= 0.6 is 0 Å². The van der Waals surface area contributed by atoms with Gasteiger partial charge in [0.1, 0.15) is 24.4 Å². The van der Waals surface area contributed by atoms with Crippen molar-refractivity contribution in [2.45, 2.75) is 82.9 Å². The maximum absolute atomic E-state index is 7.56. The predicted octanol–water partition coefficient (Wildman–Crippen LogP) is 9.26. The SMILES string of the molecule is CC(C)(C)[Si](OCC1O[C@H](OCc2ccccc2)C(OCc2ccccc2)[C@H](OCc2ccccc2)[C@@H]1OCc1ccccc1)(c1ccccc1)c1ccccc1. The van der Waals surface area contributed by atoms with Crippen molar-refractivity contribution in [2.75, 3.05) is 6.61 Å². The second kappa shape index (κ2) is 19.6. The molecule has 0 spiro atoms. The molecule has 1 fully saturated rings. The van der Waals surface area contributed by atoms with E-state index in [9.17, 15) is 0 Å². The van der Waals surface area contributed by atoms with Crippen LogP contribution in [0.15, 0.2) is 182 Å². The van der Waals surface area contributed by atoms with Gasteiger partial charge in [0.25, 0.3) is 8.32 Å². The van der Waals surface area contributed by atoms with Gasteiger partial charge in [-0.1, -0.05) is 203 Å². The number of hydrogen-bond acceptors (Lipinski definition) is 6. The predicted molar refractivity (Wildman–Crippen MR) is 229 cm³/mol. The Labute approximate surface area is 339 Å². The van der Waals surface area contributed by atoms with Gasteiger partial charge in [-0.25, -0.2) is 0 Å². The van der Waals surface area contributed by atoms with E-state index in [1.54, 1.807) is 0 Å². The van der Waals surface area contributed by atoms with E-state index < -0.39 is 39.0 Å². The van der Waals surface area contributed by atoms with Crippen molar-refractivity contribution in [1.82, 2.24) is 0 Å². The van der Waals surface area contributed by atoms with Gasteiger partial charge < -0.3 is 28.1 Å². The zero-order valence-electron chi connectivity index (χ0n) is 33.2. The van der Waals surface area contributed by atoms with Crippen LogP contribution in [0, 0.1) is 0 Å². The third-order valence-electron chi connectivity index (χ3n) is 10.6. The average molecular weight is 779 g/mol. The molecule has 294 valence electrons. The van der Waals surface area contributed by atoms with Crippen molar-refractivity contribution >= 4 is 18.7 Å². The third kappa shape index (κ3) is 10.2. The van der Waals surface area contributed by atoms with Crippen molar-refractivity contribution in [3.8, 4) is 0 Å². The van der Waals surface area contributed by atoms with Crippen LogP contribution < -0.4 is 10.4 Å². The molecule has 0 amide bonds. The molecule has 0 bridgehead atoms. The molecule has 6 nitrogen and oxygen atoms in total. The normalized spacial score (nSPS) is 19.9. The van der Waals surface area contributed by atoms with Gasteiger partial charge in [-0.2, -0.15) is 0 Å². The van der Waals surface area contributed by atoms with E-state index in [0.717, 1.165) is 22.3 Å². The van der Waals surface area contributed by atoms with Crippen LogP contribution in [0.25, 0.3) is 0 Å². The highest BCUT2D eigenvalue weighted by Crippen LogP contribution is 2.38. The van der Waals surface area contributed by atoms with Crippen molar-refractivity contribution in [2.24, 2.45) is 0 Å². The zero-order valence-corrected chi connectivity index (χ0v) is 34.2. The quantitative estimate of drug-likeness (QED) is 0.0862. The van der Waals surface area contributed by atoms with E-state index in [1.165, 1.54) is 10.4 Å². The Morgan fingerprint density at radius 1 is 0.421 bits per heavy atom. The summed E-state index contributed by atoms with van der Waals surface area (Å²) in [5.74, 6) is 0. The molecule has 5 atom stereocenters. The first kappa shape index (κ1) is 40.5. The van der Waals surface area contributed by atoms with Crippen LogP contribution in [-0.4, -0.2) is 45.6 Å². The lowest BCUT2D eigenvalue weighted by Gasteiger charge is -2.48. The Bertz CT molecular complexity index is 1990. The lowest BCUT2D eigenvalue weighted by atomic mass is 9.97. The Kier molecular flexibility index (Phi) is 13.9. The van der Waals surface area contributed by atoms with E-state index in [0.29, 0.717) is 26.4 Å². The minimum absolute atomic E-state index is 0.238. The number of ether oxygens (including phenoxy) is 5. The van der Waals surface area contributed by atoms with Gasteiger partial charge in [-0.15, -0.1) is 0 Å². The lowest BCUT2D eigenvalue weighted by Crippen LogP contribution is -2.68. The molecule has 1 aliphatic rings. The summed E-state index contributed by atoms with van der Waals surface area (Å²) in [4.78, 5) is 0. The zero-order chi connectivity index (χ0) is 39.3. The largest absolute Gasteiger partial charge is 0.405 e. The lowest BCUT2D eigenvalue weighted by molar-refractivity contribution is -0.328. The molecule has 1 saturated heterocycles. The molecule has 0 radical (unpaired) electrons. The van der Waals surface area contributed by atoms with Gasteiger partial charge >= 0.3 is 0 Å². The van der Waals surface area contributed by atoms with Crippen LogP contribution in [0.5, 0.6) is 0 Å². The first-order valence-corrected chi connectivity index (χ1v) is 21.8. The van der Waals surface area contributed by atoms with Crippen molar-refractivity contribution in [1.29, 1.82) is 0 Å². The summed E-state index contributed by atoms with van der Waals surface area (Å²) in [6, 6.07) is 62.2. The molecule has 1 heterocycles. The van der Waals surface area contributed by atoms with E-state index >= 15 is 0 Å². The highest BCUT2D eigenvalue weighted by Gasteiger charge is 2.53. The summed E-state index contributed by atoms with van der Waals surface area (Å²) in [5, 5.41) is 2.15. The van der Waals surface area contributed by atoms with E-state index in [1.807, 2.05) is 72.8 Å². The fraction of sp³-hybridized carbons (Fsp3) is 0.280. The monoisotopic (exact) mass is 778 g/mol. The molecule has 7 rings (SSSR count). The maximum Gasteiger partial charge on any atom is 0.261 e. The summed E-state index contributed by atoms with van der Waals surface area (Å²) >= 11 is 0. The fourth-order valence-corrected chi connectivity index (χ4v) is 12.3. The van der Waals surface area contributed by atoms with Crippen molar-refractivity contribution < 1.29 is 28.1 Å². The molecule has 6 aromatic carbocycles. The van der Waals surface area contributed by atoms with E-state index in [4.69, 9.17) is 28.1 Å². The van der Waals surface area contributed by atoms with Crippen molar-refractivity contribution in [3.63, 3.8) is 0 Å². The van der Waals surface area contributed by atoms with Gasteiger partial charge in [0.15, 0.2) is 6.29 Å². The Morgan fingerprint density at radius 3 is 1.14 bits per heavy atom. The molecule has 0 saturated carbocycles. The third-order valence-corrected chi connectivity index (χ3v) is 15.6. The second-order valence-corrected chi connectivity index (χ2v) is 19.9.